The molecule has 0 bridgehead atoms. The van der Waals surface area contributed by atoms with Gasteiger partial charge < -0.3 is 0 Å². The van der Waals surface area contributed by atoms with Gasteiger partial charge in [-0.2, -0.15) is 11.8 Å². The first-order chi connectivity index (χ1) is 6.14. The van der Waals surface area contributed by atoms with Gasteiger partial charge in [-0.25, -0.2) is 13.1 Å². The molecule has 0 amide bonds. The minimum Gasteiger partial charge on any atom is -0.213 e. The van der Waals surface area contributed by atoms with E-state index in [-0.39, 0.29) is 5.21 Å². The number of nitrogens with one attached hydrogen (secondary N) is 1. The van der Waals surface area contributed by atoms with Gasteiger partial charge in [0.25, 0.3) is 0 Å². The number of sulfonamides is 1. The number of hydrogen-bond acceptors (Lipinski definition) is 3. The van der Waals surface area contributed by atoms with Crippen LogP contribution in [0.3, 0.4) is 0 Å². The Hall–Kier alpha value is 0.550. The Morgan fingerprint density at radius 1 is 1.46 bits per heavy atom. The monoisotopic (exact) mass is 243 g/mol. The van der Waals surface area contributed by atoms with Crippen molar-refractivity contribution in [3.63, 3.8) is 0 Å². The summed E-state index contributed by atoms with van der Waals surface area (Å²) in [6.07, 6.45) is 3.57. The molecular weight excluding hydrogens is 230 g/mol. The molecule has 0 spiro atoms. The molecule has 1 saturated heterocycles. The highest BCUT2D eigenvalue weighted by atomic mass is 35.5. The summed E-state index contributed by atoms with van der Waals surface area (Å²) in [4.78, 5) is 0. The first-order valence-electron chi connectivity index (χ1n) is 4.29. The van der Waals surface area contributed by atoms with Gasteiger partial charge in [0.05, 0.1) is 0 Å². The van der Waals surface area contributed by atoms with E-state index in [9.17, 15) is 8.42 Å². The third-order valence-electron chi connectivity index (χ3n) is 1.95. The number of thioether (sulfide) groups is 1. The SMILES string of the molecule is O=S(=O)(CCl)NCC1CCCCS1. The van der Waals surface area contributed by atoms with Crippen molar-refractivity contribution >= 4 is 33.4 Å². The first-order valence-corrected chi connectivity index (χ1v) is 7.52. The average Bonchev–Trinajstić information content (AvgIpc) is 2.17. The van der Waals surface area contributed by atoms with E-state index >= 15 is 0 Å². The zero-order valence-electron chi connectivity index (χ0n) is 7.33. The summed E-state index contributed by atoms with van der Waals surface area (Å²) in [5, 5.41) is 0.0939. The lowest BCUT2D eigenvalue weighted by Gasteiger charge is -2.20. The maximum Gasteiger partial charge on any atom is 0.225 e. The molecule has 1 fully saturated rings. The van der Waals surface area contributed by atoms with Crippen LogP contribution in [0.5, 0.6) is 0 Å². The summed E-state index contributed by atoms with van der Waals surface area (Å²) in [6.45, 7) is 0.528. The summed E-state index contributed by atoms with van der Waals surface area (Å²) in [6, 6.07) is 0. The van der Waals surface area contributed by atoms with Crippen molar-refractivity contribution in [1.29, 1.82) is 0 Å². The standard InChI is InChI=1S/C7H14ClNO2S2/c8-6-13(10,11)9-5-7-3-1-2-4-12-7/h7,9H,1-6H2. The second-order valence-electron chi connectivity index (χ2n) is 3.06. The number of alkyl halides is 1. The molecule has 1 N–H and O–H groups in total. The van der Waals surface area contributed by atoms with Crippen LogP contribution in [0.25, 0.3) is 0 Å². The average molecular weight is 244 g/mol. The van der Waals surface area contributed by atoms with Crippen LogP contribution in [-0.2, 0) is 10.0 Å². The third kappa shape index (κ3) is 4.54. The molecule has 1 aliphatic heterocycles. The zero-order valence-corrected chi connectivity index (χ0v) is 9.72. The van der Waals surface area contributed by atoms with Crippen LogP contribution in [0, 0.1) is 0 Å². The smallest absolute Gasteiger partial charge is 0.213 e. The van der Waals surface area contributed by atoms with Crippen molar-refractivity contribution in [3.8, 4) is 0 Å². The fraction of sp³-hybridized carbons (Fsp3) is 1.00. The maximum atomic E-state index is 11.0. The lowest BCUT2D eigenvalue weighted by Crippen LogP contribution is -2.32. The van der Waals surface area contributed by atoms with Crippen molar-refractivity contribution in [2.45, 2.75) is 24.5 Å². The largest absolute Gasteiger partial charge is 0.225 e. The van der Waals surface area contributed by atoms with Crippen LogP contribution < -0.4 is 4.72 Å². The predicted molar refractivity (Wildman–Crippen MR) is 57.7 cm³/mol. The van der Waals surface area contributed by atoms with E-state index in [1.54, 1.807) is 0 Å². The van der Waals surface area contributed by atoms with Crippen LogP contribution in [-0.4, -0.2) is 31.2 Å². The summed E-state index contributed by atoms with van der Waals surface area (Å²) < 4.78 is 24.5. The van der Waals surface area contributed by atoms with Crippen LogP contribution >= 0.6 is 23.4 Å². The molecule has 1 unspecified atom stereocenters. The first kappa shape index (κ1) is 11.6. The molecule has 0 aromatic heterocycles. The van der Waals surface area contributed by atoms with E-state index in [4.69, 9.17) is 11.6 Å². The molecule has 3 nitrogen and oxygen atoms in total. The molecular formula is C7H14ClNO2S2. The molecule has 1 rings (SSSR count). The van der Waals surface area contributed by atoms with Gasteiger partial charge in [0.15, 0.2) is 0 Å². The van der Waals surface area contributed by atoms with Gasteiger partial charge >= 0.3 is 0 Å². The highest BCUT2D eigenvalue weighted by molar-refractivity contribution is 8.00. The Labute approximate surface area is 88.7 Å². The molecule has 0 aliphatic carbocycles. The fourth-order valence-electron chi connectivity index (χ4n) is 1.23. The molecule has 1 aliphatic rings. The van der Waals surface area contributed by atoms with E-state index in [0.29, 0.717) is 11.8 Å². The Morgan fingerprint density at radius 3 is 2.77 bits per heavy atom. The molecule has 0 aromatic rings. The summed E-state index contributed by atoms with van der Waals surface area (Å²) in [7, 11) is -3.22. The molecule has 1 atom stereocenters. The number of hydrogen-bond donors (Lipinski definition) is 1. The van der Waals surface area contributed by atoms with Gasteiger partial charge in [-0.15, -0.1) is 11.6 Å². The fourth-order valence-corrected chi connectivity index (χ4v) is 3.33. The Bertz CT molecular complexity index is 237. The van der Waals surface area contributed by atoms with Crippen molar-refractivity contribution in [3.05, 3.63) is 0 Å². The normalized spacial score (nSPS) is 24.5. The quantitative estimate of drug-likeness (QED) is 0.759. The van der Waals surface area contributed by atoms with Crippen molar-refractivity contribution < 1.29 is 8.42 Å². The van der Waals surface area contributed by atoms with E-state index in [0.717, 1.165) is 12.2 Å². The molecule has 13 heavy (non-hydrogen) atoms. The van der Waals surface area contributed by atoms with Gasteiger partial charge in [0.1, 0.15) is 5.21 Å². The van der Waals surface area contributed by atoms with Crippen molar-refractivity contribution in [2.24, 2.45) is 0 Å². The van der Waals surface area contributed by atoms with Gasteiger partial charge in [-0.3, -0.25) is 0 Å². The third-order valence-corrected chi connectivity index (χ3v) is 5.10. The topological polar surface area (TPSA) is 46.2 Å². The van der Waals surface area contributed by atoms with Crippen molar-refractivity contribution in [1.82, 2.24) is 4.72 Å². The molecule has 0 saturated carbocycles. The molecule has 6 heteroatoms. The predicted octanol–water partition coefficient (Wildman–Crippen LogP) is 1.39. The van der Waals surface area contributed by atoms with Crippen LogP contribution in [0.15, 0.2) is 0 Å². The highest BCUT2D eigenvalue weighted by Gasteiger charge is 2.16. The van der Waals surface area contributed by atoms with E-state index < -0.39 is 10.0 Å². The highest BCUT2D eigenvalue weighted by Crippen LogP contribution is 2.24. The number of rotatable bonds is 4. The second kappa shape index (κ2) is 5.44. The lowest BCUT2D eigenvalue weighted by atomic mass is 10.2. The van der Waals surface area contributed by atoms with Crippen LogP contribution in [0.4, 0.5) is 0 Å². The second-order valence-corrected chi connectivity index (χ2v) is 6.86. The summed E-state index contributed by atoms with van der Waals surface area (Å²) >= 11 is 7.10. The van der Waals surface area contributed by atoms with Crippen LogP contribution in [0.1, 0.15) is 19.3 Å². The Balaban J connectivity index is 2.25. The van der Waals surface area contributed by atoms with Gasteiger partial charge in [0.2, 0.25) is 10.0 Å². The zero-order chi connectivity index (χ0) is 9.73. The summed E-state index contributed by atoms with van der Waals surface area (Å²) in [5.41, 5.74) is 0. The Kier molecular flexibility index (Phi) is 4.86. The number of halogens is 1. The van der Waals surface area contributed by atoms with E-state index in [1.807, 2.05) is 11.8 Å². The van der Waals surface area contributed by atoms with Gasteiger partial charge in [0, 0.05) is 11.8 Å². The Morgan fingerprint density at radius 2 is 2.23 bits per heavy atom. The van der Waals surface area contributed by atoms with E-state index in [2.05, 4.69) is 4.72 Å². The maximum absolute atomic E-state index is 11.0. The molecule has 0 radical (unpaired) electrons. The van der Waals surface area contributed by atoms with Crippen LogP contribution in [0.2, 0.25) is 0 Å². The minimum absolute atomic E-state index is 0.343. The molecule has 1 heterocycles. The minimum atomic E-state index is -3.22. The van der Waals surface area contributed by atoms with Gasteiger partial charge in [-0.05, 0) is 18.6 Å². The molecule has 78 valence electrons. The molecule has 0 aromatic carbocycles. The van der Waals surface area contributed by atoms with Crippen molar-refractivity contribution in [2.75, 3.05) is 17.5 Å². The lowest BCUT2D eigenvalue weighted by molar-refractivity contribution is 0.578. The van der Waals surface area contributed by atoms with E-state index in [1.165, 1.54) is 12.8 Å². The van der Waals surface area contributed by atoms with Gasteiger partial charge in [-0.1, -0.05) is 6.42 Å². The summed E-state index contributed by atoms with van der Waals surface area (Å²) in [5.74, 6) is 1.15.